The number of urea groups is 1. The van der Waals surface area contributed by atoms with Gasteiger partial charge in [0.15, 0.2) is 0 Å². The summed E-state index contributed by atoms with van der Waals surface area (Å²) >= 11 is 0. The Morgan fingerprint density at radius 1 is 0.900 bits per heavy atom. The molecule has 8 heteroatoms. The van der Waals surface area contributed by atoms with Crippen LogP contribution in [0.3, 0.4) is 0 Å². The van der Waals surface area contributed by atoms with Gasteiger partial charge in [0.05, 0.1) is 0 Å². The van der Waals surface area contributed by atoms with Gasteiger partial charge in [-0.15, -0.1) is 0 Å². The molecule has 40 heavy (non-hydrogen) atoms. The smallest absolute Gasteiger partial charge is 0.319 e. The molecule has 4 aromatic rings. The number of pyridine rings is 1. The van der Waals surface area contributed by atoms with E-state index in [2.05, 4.69) is 33.6 Å². The number of ether oxygens (including phenoxy) is 1. The Morgan fingerprint density at radius 3 is 2.48 bits per heavy atom. The number of aromatic nitrogens is 1. The lowest BCUT2D eigenvalue weighted by Gasteiger charge is -2.32. The highest BCUT2D eigenvalue weighted by atomic mass is 16.5. The Bertz CT molecular complexity index is 1430. The van der Waals surface area contributed by atoms with Crippen molar-refractivity contribution in [2.75, 3.05) is 38.5 Å². The minimum absolute atomic E-state index is 0.0723. The van der Waals surface area contributed by atoms with Crippen LogP contribution in [0.2, 0.25) is 0 Å². The number of carbonyl (C=O) groups excluding carboxylic acids is 2. The molecule has 2 N–H and O–H groups in total. The fraction of sp³-hybridized carbons (Fsp3) is 0.219. The van der Waals surface area contributed by atoms with Crippen LogP contribution in [0.25, 0.3) is 11.1 Å². The zero-order chi connectivity index (χ0) is 27.7. The summed E-state index contributed by atoms with van der Waals surface area (Å²) in [6.07, 6.45) is 3.41. The third-order valence-corrected chi connectivity index (χ3v) is 6.91. The number of nitrogens with zero attached hydrogens (tertiary/aromatic N) is 3. The van der Waals surface area contributed by atoms with Gasteiger partial charge < -0.3 is 25.2 Å². The molecule has 5 rings (SSSR count). The predicted molar refractivity (Wildman–Crippen MR) is 156 cm³/mol. The number of anilines is 1. The number of carbonyl (C=O) groups is 2. The van der Waals surface area contributed by atoms with Crippen LogP contribution >= 0.6 is 0 Å². The standard InChI is InChI=1S/C32H33N5O3/c1-36-16-18-37(19-17-36)31(38)26-9-4-8-25(20-26)30-10-3-2-7-27(30)23-40-29-13-11-28(12-14-29)35-32(39)34-22-24-6-5-15-33-21-24/h2-15,20-21H,16-19,22-23H2,1H3,(H2,34,35,39). The molecule has 0 aliphatic carbocycles. The topological polar surface area (TPSA) is 86.8 Å². The quantitative estimate of drug-likeness (QED) is 0.330. The second kappa shape index (κ2) is 12.9. The van der Waals surface area contributed by atoms with Gasteiger partial charge >= 0.3 is 6.03 Å². The van der Waals surface area contributed by atoms with Crippen LogP contribution < -0.4 is 15.4 Å². The van der Waals surface area contributed by atoms with Crippen molar-refractivity contribution in [2.24, 2.45) is 0 Å². The molecule has 1 aliphatic heterocycles. The fourth-order valence-electron chi connectivity index (χ4n) is 4.60. The van der Waals surface area contributed by atoms with E-state index in [-0.39, 0.29) is 11.9 Å². The Kier molecular flexibility index (Phi) is 8.68. The highest BCUT2D eigenvalue weighted by molar-refractivity contribution is 5.95. The van der Waals surface area contributed by atoms with Crippen molar-refractivity contribution in [1.82, 2.24) is 20.1 Å². The zero-order valence-electron chi connectivity index (χ0n) is 22.5. The molecule has 0 radical (unpaired) electrons. The number of piperazine rings is 1. The first kappa shape index (κ1) is 26.9. The van der Waals surface area contributed by atoms with E-state index in [0.29, 0.717) is 30.2 Å². The zero-order valence-corrected chi connectivity index (χ0v) is 22.5. The second-order valence-electron chi connectivity index (χ2n) is 9.82. The minimum atomic E-state index is -0.292. The maximum atomic E-state index is 13.1. The van der Waals surface area contributed by atoms with Crippen molar-refractivity contribution in [2.45, 2.75) is 13.2 Å². The number of benzene rings is 3. The van der Waals surface area contributed by atoms with Crippen molar-refractivity contribution in [1.29, 1.82) is 0 Å². The largest absolute Gasteiger partial charge is 0.489 e. The number of hydrogen-bond acceptors (Lipinski definition) is 5. The van der Waals surface area contributed by atoms with Gasteiger partial charge in [-0.05, 0) is 71.8 Å². The highest BCUT2D eigenvalue weighted by Gasteiger charge is 2.20. The van der Waals surface area contributed by atoms with E-state index in [1.54, 1.807) is 24.5 Å². The summed E-state index contributed by atoms with van der Waals surface area (Å²) in [5.74, 6) is 0.762. The van der Waals surface area contributed by atoms with Crippen molar-refractivity contribution in [3.63, 3.8) is 0 Å². The van der Waals surface area contributed by atoms with Gasteiger partial charge in [0.2, 0.25) is 0 Å². The van der Waals surface area contributed by atoms with Gasteiger partial charge in [0.25, 0.3) is 5.91 Å². The van der Waals surface area contributed by atoms with Crippen LogP contribution in [-0.4, -0.2) is 59.9 Å². The summed E-state index contributed by atoms with van der Waals surface area (Å²) in [5, 5.41) is 5.64. The summed E-state index contributed by atoms with van der Waals surface area (Å²) in [6.45, 7) is 4.03. The van der Waals surface area contributed by atoms with E-state index in [4.69, 9.17) is 4.74 Å². The van der Waals surface area contributed by atoms with Crippen molar-refractivity contribution in [3.05, 3.63) is 114 Å². The number of amides is 3. The summed E-state index contributed by atoms with van der Waals surface area (Å²) in [7, 11) is 2.08. The van der Waals surface area contributed by atoms with E-state index in [9.17, 15) is 9.59 Å². The number of likely N-dealkylation sites (N-methyl/N-ethyl adjacent to an activating group) is 1. The molecule has 0 spiro atoms. The molecule has 204 valence electrons. The van der Waals surface area contributed by atoms with E-state index in [0.717, 1.165) is 48.4 Å². The average Bonchev–Trinajstić information content (AvgIpc) is 3.00. The van der Waals surface area contributed by atoms with E-state index < -0.39 is 0 Å². The first-order valence-electron chi connectivity index (χ1n) is 13.4. The molecule has 3 amide bonds. The van der Waals surface area contributed by atoms with Crippen LogP contribution in [0.1, 0.15) is 21.5 Å². The highest BCUT2D eigenvalue weighted by Crippen LogP contribution is 2.27. The summed E-state index contributed by atoms with van der Waals surface area (Å²) < 4.78 is 6.09. The summed E-state index contributed by atoms with van der Waals surface area (Å²) in [5.41, 5.74) is 5.32. The van der Waals surface area contributed by atoms with E-state index in [1.165, 1.54) is 0 Å². The third-order valence-electron chi connectivity index (χ3n) is 6.91. The SMILES string of the molecule is CN1CCN(C(=O)c2cccc(-c3ccccc3COc3ccc(NC(=O)NCc4cccnc4)cc3)c2)CC1. The van der Waals surface area contributed by atoms with Gasteiger partial charge in [-0.1, -0.05) is 42.5 Å². The number of rotatable bonds is 8. The number of hydrogen-bond donors (Lipinski definition) is 2. The minimum Gasteiger partial charge on any atom is -0.489 e. The molecule has 1 fully saturated rings. The Morgan fingerprint density at radius 2 is 1.70 bits per heavy atom. The molecule has 8 nitrogen and oxygen atoms in total. The van der Waals surface area contributed by atoms with Gasteiger partial charge in [-0.3, -0.25) is 9.78 Å². The molecular weight excluding hydrogens is 502 g/mol. The van der Waals surface area contributed by atoms with Crippen molar-refractivity contribution < 1.29 is 14.3 Å². The Labute approximate surface area is 234 Å². The van der Waals surface area contributed by atoms with Crippen LogP contribution in [0, 0.1) is 0 Å². The van der Waals surface area contributed by atoms with Crippen molar-refractivity contribution >= 4 is 17.6 Å². The lowest BCUT2D eigenvalue weighted by atomic mass is 9.98. The molecule has 0 atom stereocenters. The van der Waals surface area contributed by atoms with Crippen molar-refractivity contribution in [3.8, 4) is 16.9 Å². The Hall–Kier alpha value is -4.69. The third kappa shape index (κ3) is 7.03. The monoisotopic (exact) mass is 535 g/mol. The van der Waals surface area contributed by atoms with Gasteiger partial charge in [-0.2, -0.15) is 0 Å². The molecule has 2 heterocycles. The Balaban J connectivity index is 1.19. The van der Waals surface area contributed by atoms with Gasteiger partial charge in [-0.25, -0.2) is 4.79 Å². The predicted octanol–water partition coefficient (Wildman–Crippen LogP) is 5.04. The summed E-state index contributed by atoms with van der Waals surface area (Å²) in [4.78, 5) is 33.6. The summed E-state index contributed by atoms with van der Waals surface area (Å²) in [6, 6.07) is 26.6. The van der Waals surface area contributed by atoms with Crippen LogP contribution in [-0.2, 0) is 13.2 Å². The molecule has 0 bridgehead atoms. The normalized spacial score (nSPS) is 13.5. The lowest BCUT2D eigenvalue weighted by molar-refractivity contribution is 0.0664. The maximum absolute atomic E-state index is 13.1. The first-order chi connectivity index (χ1) is 19.5. The number of nitrogens with one attached hydrogen (secondary N) is 2. The molecule has 3 aromatic carbocycles. The van der Waals surface area contributed by atoms with Gasteiger partial charge in [0.1, 0.15) is 12.4 Å². The fourth-order valence-corrected chi connectivity index (χ4v) is 4.60. The lowest BCUT2D eigenvalue weighted by Crippen LogP contribution is -2.47. The maximum Gasteiger partial charge on any atom is 0.319 e. The molecule has 1 saturated heterocycles. The molecule has 0 unspecified atom stereocenters. The molecule has 1 aliphatic rings. The average molecular weight is 536 g/mol. The van der Waals surface area contributed by atoms with E-state index in [1.807, 2.05) is 71.6 Å². The second-order valence-corrected chi connectivity index (χ2v) is 9.82. The molecule has 1 aromatic heterocycles. The van der Waals surface area contributed by atoms with Crippen LogP contribution in [0.5, 0.6) is 5.75 Å². The van der Waals surface area contributed by atoms with Crippen LogP contribution in [0.15, 0.2) is 97.3 Å². The van der Waals surface area contributed by atoms with Gasteiger partial charge in [0, 0.05) is 56.4 Å². The molecule has 0 saturated carbocycles. The molecular formula is C32H33N5O3. The first-order valence-corrected chi connectivity index (χ1v) is 13.4. The van der Waals surface area contributed by atoms with Crippen LogP contribution in [0.4, 0.5) is 10.5 Å². The van der Waals surface area contributed by atoms with E-state index >= 15 is 0 Å².